The normalized spacial score (nSPS) is 16.9. The van der Waals surface area contributed by atoms with Gasteiger partial charge in [-0.25, -0.2) is 9.18 Å². The molecule has 0 radical (unpaired) electrons. The maximum absolute atomic E-state index is 12.9. The van der Waals surface area contributed by atoms with Gasteiger partial charge in [-0.1, -0.05) is 0 Å². The van der Waals surface area contributed by atoms with Crippen LogP contribution < -0.4 is 10.6 Å². The second-order valence-electron chi connectivity index (χ2n) is 5.77. The number of likely N-dealkylation sites (tertiary alicyclic amines) is 1. The van der Waals surface area contributed by atoms with Gasteiger partial charge in [0.15, 0.2) is 0 Å². The Morgan fingerprint density at radius 2 is 2.00 bits per heavy atom. The number of carbonyl (C=O) groups excluding carboxylic acids is 2. The van der Waals surface area contributed by atoms with E-state index in [1.165, 1.54) is 35.6 Å². The zero-order chi connectivity index (χ0) is 17.1. The molecule has 7 heteroatoms. The summed E-state index contributed by atoms with van der Waals surface area (Å²) in [5.74, 6) is -0.333. The van der Waals surface area contributed by atoms with Crippen molar-refractivity contribution in [2.45, 2.75) is 19.4 Å². The molecule has 2 heterocycles. The summed E-state index contributed by atoms with van der Waals surface area (Å²) in [4.78, 5) is 27.0. The lowest BCUT2D eigenvalue weighted by Crippen LogP contribution is -2.40. The summed E-state index contributed by atoms with van der Waals surface area (Å²) in [5.41, 5.74) is 1.50. The first kappa shape index (κ1) is 16.4. The van der Waals surface area contributed by atoms with E-state index < -0.39 is 0 Å². The van der Waals surface area contributed by atoms with Crippen molar-refractivity contribution in [2.24, 2.45) is 0 Å². The van der Waals surface area contributed by atoms with Gasteiger partial charge in [-0.3, -0.25) is 4.79 Å². The van der Waals surface area contributed by atoms with Crippen molar-refractivity contribution in [2.75, 3.05) is 18.4 Å². The highest BCUT2D eigenvalue weighted by atomic mass is 32.1. The summed E-state index contributed by atoms with van der Waals surface area (Å²) in [7, 11) is 0. The topological polar surface area (TPSA) is 61.4 Å². The van der Waals surface area contributed by atoms with E-state index in [1.54, 1.807) is 4.90 Å². The van der Waals surface area contributed by atoms with Crippen molar-refractivity contribution >= 4 is 29.0 Å². The number of aryl methyl sites for hydroxylation is 1. The Balaban J connectivity index is 1.52. The second-order valence-corrected chi connectivity index (χ2v) is 6.69. The molecule has 1 atom stereocenters. The number of benzene rings is 1. The minimum absolute atomic E-state index is 0.0192. The van der Waals surface area contributed by atoms with Crippen LogP contribution in [-0.2, 0) is 0 Å². The number of rotatable bonds is 3. The van der Waals surface area contributed by atoms with Gasteiger partial charge in [0, 0.05) is 24.8 Å². The Hall–Kier alpha value is -2.41. The van der Waals surface area contributed by atoms with Crippen LogP contribution in [0.25, 0.3) is 0 Å². The summed E-state index contributed by atoms with van der Waals surface area (Å²) >= 11 is 1.44. The fourth-order valence-electron chi connectivity index (χ4n) is 2.68. The number of hydrogen-bond acceptors (Lipinski definition) is 3. The van der Waals surface area contributed by atoms with E-state index in [-0.39, 0.29) is 23.8 Å². The van der Waals surface area contributed by atoms with Gasteiger partial charge in [-0.2, -0.15) is 0 Å². The molecule has 0 saturated carbocycles. The Morgan fingerprint density at radius 3 is 2.67 bits per heavy atom. The summed E-state index contributed by atoms with van der Waals surface area (Å²) in [6.07, 6.45) is 0.715. The molecule has 2 aromatic rings. The van der Waals surface area contributed by atoms with E-state index in [1.807, 2.05) is 18.4 Å². The first-order chi connectivity index (χ1) is 11.5. The van der Waals surface area contributed by atoms with E-state index in [2.05, 4.69) is 10.6 Å². The molecule has 2 N–H and O–H groups in total. The number of nitrogens with zero attached hydrogens (tertiary/aromatic N) is 1. The van der Waals surface area contributed by atoms with Crippen molar-refractivity contribution in [3.63, 3.8) is 0 Å². The van der Waals surface area contributed by atoms with Crippen LogP contribution in [0, 0.1) is 12.7 Å². The van der Waals surface area contributed by atoms with Gasteiger partial charge in [-0.15, -0.1) is 11.3 Å². The summed E-state index contributed by atoms with van der Waals surface area (Å²) in [6, 6.07) is 7.06. The lowest BCUT2D eigenvalue weighted by atomic mass is 10.2. The molecule has 3 rings (SSSR count). The first-order valence-electron chi connectivity index (χ1n) is 7.69. The van der Waals surface area contributed by atoms with Crippen molar-refractivity contribution < 1.29 is 14.0 Å². The van der Waals surface area contributed by atoms with Gasteiger partial charge >= 0.3 is 6.03 Å². The zero-order valence-corrected chi connectivity index (χ0v) is 14.0. The van der Waals surface area contributed by atoms with Crippen LogP contribution >= 0.6 is 11.3 Å². The lowest BCUT2D eigenvalue weighted by Gasteiger charge is -2.17. The van der Waals surface area contributed by atoms with Crippen LogP contribution in [-0.4, -0.2) is 36.0 Å². The number of hydrogen-bond donors (Lipinski definition) is 2. The molecule has 0 aliphatic carbocycles. The van der Waals surface area contributed by atoms with E-state index in [0.717, 1.165) is 10.4 Å². The van der Waals surface area contributed by atoms with Crippen molar-refractivity contribution in [1.29, 1.82) is 0 Å². The molecule has 3 amide bonds. The monoisotopic (exact) mass is 347 g/mol. The van der Waals surface area contributed by atoms with Gasteiger partial charge < -0.3 is 15.5 Å². The van der Waals surface area contributed by atoms with E-state index >= 15 is 0 Å². The van der Waals surface area contributed by atoms with Crippen LogP contribution in [0.1, 0.15) is 21.7 Å². The Morgan fingerprint density at radius 1 is 1.25 bits per heavy atom. The molecule has 24 heavy (non-hydrogen) atoms. The van der Waals surface area contributed by atoms with Crippen molar-refractivity contribution in [3.05, 3.63) is 52.0 Å². The number of anilines is 1. The minimum atomic E-state index is -0.354. The minimum Gasteiger partial charge on any atom is -0.336 e. The molecular formula is C17H18FN3O2S. The largest absolute Gasteiger partial charge is 0.336 e. The number of halogens is 1. The maximum atomic E-state index is 12.9. The third-order valence-electron chi connectivity index (χ3n) is 3.97. The molecule has 0 bridgehead atoms. The average molecular weight is 347 g/mol. The first-order valence-corrected chi connectivity index (χ1v) is 8.57. The third kappa shape index (κ3) is 3.73. The highest BCUT2D eigenvalue weighted by Gasteiger charge is 2.29. The molecule has 1 saturated heterocycles. The Kier molecular flexibility index (Phi) is 4.80. The molecule has 1 aliphatic rings. The lowest BCUT2D eigenvalue weighted by molar-refractivity contribution is 0.0793. The van der Waals surface area contributed by atoms with Gasteiger partial charge in [0.25, 0.3) is 5.91 Å². The number of thiophene rings is 1. The van der Waals surface area contributed by atoms with Gasteiger partial charge in [-0.05, 0) is 54.6 Å². The van der Waals surface area contributed by atoms with E-state index in [9.17, 15) is 14.0 Å². The Labute approximate surface area is 143 Å². The van der Waals surface area contributed by atoms with Crippen molar-refractivity contribution in [3.8, 4) is 0 Å². The number of carbonyl (C=O) groups is 2. The van der Waals surface area contributed by atoms with Gasteiger partial charge in [0.1, 0.15) is 5.82 Å². The zero-order valence-electron chi connectivity index (χ0n) is 13.2. The molecule has 1 fully saturated rings. The molecule has 1 aromatic carbocycles. The van der Waals surface area contributed by atoms with Crippen molar-refractivity contribution in [1.82, 2.24) is 10.2 Å². The fourth-order valence-corrected chi connectivity index (χ4v) is 3.58. The molecule has 1 aliphatic heterocycles. The summed E-state index contributed by atoms with van der Waals surface area (Å²) in [6.45, 7) is 3.04. The number of urea groups is 1. The molecule has 1 aromatic heterocycles. The molecule has 1 unspecified atom stereocenters. The van der Waals surface area contributed by atoms with E-state index in [0.29, 0.717) is 25.2 Å². The highest BCUT2D eigenvalue weighted by Crippen LogP contribution is 2.21. The SMILES string of the molecule is Cc1ccsc1C(=O)N1CCC(NC(=O)Nc2ccc(F)cc2)C1. The standard InChI is InChI=1S/C17H18FN3O2S/c1-11-7-9-24-15(11)16(22)21-8-6-14(10-21)20-17(23)19-13-4-2-12(18)3-5-13/h2-5,7,9,14H,6,8,10H2,1H3,(H2,19,20,23). The highest BCUT2D eigenvalue weighted by molar-refractivity contribution is 7.12. The third-order valence-corrected chi connectivity index (χ3v) is 4.97. The van der Waals surface area contributed by atoms with Gasteiger partial charge in [0.05, 0.1) is 4.88 Å². The van der Waals surface area contributed by atoms with Crippen LogP contribution in [0.5, 0.6) is 0 Å². The average Bonchev–Trinajstić information content (AvgIpc) is 3.18. The van der Waals surface area contributed by atoms with Gasteiger partial charge in [0.2, 0.25) is 0 Å². The predicted molar refractivity (Wildman–Crippen MR) is 91.9 cm³/mol. The summed E-state index contributed by atoms with van der Waals surface area (Å²) in [5, 5.41) is 7.42. The maximum Gasteiger partial charge on any atom is 0.319 e. The van der Waals surface area contributed by atoms with Crippen LogP contribution in [0.2, 0.25) is 0 Å². The fraction of sp³-hybridized carbons (Fsp3) is 0.294. The van der Waals surface area contributed by atoms with Crippen LogP contribution in [0.15, 0.2) is 35.7 Å². The summed E-state index contributed by atoms with van der Waals surface area (Å²) < 4.78 is 12.9. The molecule has 0 spiro atoms. The van der Waals surface area contributed by atoms with Crippen LogP contribution in [0.3, 0.4) is 0 Å². The van der Waals surface area contributed by atoms with E-state index in [4.69, 9.17) is 0 Å². The smallest absolute Gasteiger partial charge is 0.319 e. The quantitative estimate of drug-likeness (QED) is 0.895. The molecular weight excluding hydrogens is 329 g/mol. The predicted octanol–water partition coefficient (Wildman–Crippen LogP) is 3.23. The number of amides is 3. The van der Waals surface area contributed by atoms with Crippen LogP contribution in [0.4, 0.5) is 14.9 Å². The second kappa shape index (κ2) is 7.00. The number of nitrogens with one attached hydrogen (secondary N) is 2. The Bertz CT molecular complexity index is 745. The molecule has 126 valence electrons. The molecule has 5 nitrogen and oxygen atoms in total.